The summed E-state index contributed by atoms with van der Waals surface area (Å²) in [6.07, 6.45) is -0.586. The third kappa shape index (κ3) is 5.67. The van der Waals surface area contributed by atoms with Gasteiger partial charge in [0.25, 0.3) is 5.91 Å². The van der Waals surface area contributed by atoms with Gasteiger partial charge in [-0.05, 0) is 86.7 Å². The second kappa shape index (κ2) is 9.86. The Bertz CT molecular complexity index is 1030. The first kappa shape index (κ1) is 22.0. The number of rotatable bonds is 7. The van der Waals surface area contributed by atoms with Crippen molar-refractivity contribution in [1.82, 2.24) is 0 Å². The van der Waals surface area contributed by atoms with Gasteiger partial charge in [0.05, 0.1) is 0 Å². The lowest BCUT2D eigenvalue weighted by Crippen LogP contribution is -2.30. The number of nitrogens with one attached hydrogen (secondary N) is 1. The molecule has 156 valence electrons. The molecular formula is C26H29NO2S. The van der Waals surface area contributed by atoms with Gasteiger partial charge in [0.15, 0.2) is 6.10 Å². The van der Waals surface area contributed by atoms with Gasteiger partial charge < -0.3 is 10.1 Å². The highest BCUT2D eigenvalue weighted by Gasteiger charge is 2.17. The van der Waals surface area contributed by atoms with Crippen molar-refractivity contribution in [2.24, 2.45) is 0 Å². The van der Waals surface area contributed by atoms with Gasteiger partial charge in [0, 0.05) is 16.3 Å². The van der Waals surface area contributed by atoms with Crippen molar-refractivity contribution in [3.8, 4) is 5.75 Å². The molecule has 30 heavy (non-hydrogen) atoms. The molecule has 0 saturated carbocycles. The van der Waals surface area contributed by atoms with Crippen LogP contribution in [0.25, 0.3) is 0 Å². The van der Waals surface area contributed by atoms with E-state index in [1.807, 2.05) is 39.0 Å². The fourth-order valence-corrected chi connectivity index (χ4v) is 4.10. The fourth-order valence-electron chi connectivity index (χ4n) is 3.24. The number of hydrogen-bond donors (Lipinski definition) is 1. The SMILES string of the molecule is Cc1cc(C)c(C)c(O[C@H](C)C(=O)Nc2ccc(CSc3ccccc3)cc2C)c1. The van der Waals surface area contributed by atoms with Crippen LogP contribution in [0.4, 0.5) is 5.69 Å². The molecule has 0 aliphatic rings. The molecule has 1 N–H and O–H groups in total. The van der Waals surface area contributed by atoms with Crippen LogP contribution in [0.5, 0.6) is 5.75 Å². The summed E-state index contributed by atoms with van der Waals surface area (Å²) in [5.41, 5.74) is 6.45. The zero-order valence-corrected chi connectivity index (χ0v) is 19.1. The Kier molecular flexibility index (Phi) is 7.22. The van der Waals surface area contributed by atoms with Crippen LogP contribution < -0.4 is 10.1 Å². The molecule has 0 heterocycles. The van der Waals surface area contributed by atoms with Gasteiger partial charge in [-0.25, -0.2) is 0 Å². The first-order valence-electron chi connectivity index (χ1n) is 10.2. The quantitative estimate of drug-likeness (QED) is 0.437. The Morgan fingerprint density at radius 3 is 2.40 bits per heavy atom. The van der Waals surface area contributed by atoms with Crippen LogP contribution in [0.3, 0.4) is 0 Å². The molecule has 0 aromatic heterocycles. The lowest BCUT2D eigenvalue weighted by molar-refractivity contribution is -0.122. The molecule has 0 bridgehead atoms. The van der Waals surface area contributed by atoms with E-state index >= 15 is 0 Å². The van der Waals surface area contributed by atoms with E-state index in [1.54, 1.807) is 18.7 Å². The average molecular weight is 420 g/mol. The molecule has 3 aromatic rings. The summed E-state index contributed by atoms with van der Waals surface area (Å²) in [6, 6.07) is 20.6. The largest absolute Gasteiger partial charge is 0.481 e. The van der Waals surface area contributed by atoms with Crippen molar-refractivity contribution in [3.63, 3.8) is 0 Å². The number of thioether (sulfide) groups is 1. The summed E-state index contributed by atoms with van der Waals surface area (Å²) in [5, 5.41) is 3.01. The molecule has 4 heteroatoms. The maximum atomic E-state index is 12.7. The Morgan fingerprint density at radius 1 is 0.967 bits per heavy atom. The van der Waals surface area contributed by atoms with Gasteiger partial charge >= 0.3 is 0 Å². The van der Waals surface area contributed by atoms with Crippen molar-refractivity contribution in [2.75, 3.05) is 5.32 Å². The molecule has 1 amide bonds. The molecule has 1 atom stereocenters. The molecule has 3 nitrogen and oxygen atoms in total. The average Bonchev–Trinajstić information content (AvgIpc) is 2.72. The molecule has 3 rings (SSSR count). The number of carbonyl (C=O) groups excluding carboxylic acids is 1. The van der Waals surface area contributed by atoms with E-state index in [1.165, 1.54) is 10.5 Å². The van der Waals surface area contributed by atoms with E-state index in [9.17, 15) is 4.79 Å². The second-order valence-electron chi connectivity index (χ2n) is 7.71. The Morgan fingerprint density at radius 2 is 1.70 bits per heavy atom. The lowest BCUT2D eigenvalue weighted by Gasteiger charge is -2.18. The first-order valence-corrected chi connectivity index (χ1v) is 11.1. The van der Waals surface area contributed by atoms with Crippen LogP contribution in [0.15, 0.2) is 65.6 Å². The minimum Gasteiger partial charge on any atom is -0.481 e. The normalized spacial score (nSPS) is 11.8. The van der Waals surface area contributed by atoms with Gasteiger partial charge in [0.2, 0.25) is 0 Å². The van der Waals surface area contributed by atoms with E-state index in [2.05, 4.69) is 54.7 Å². The van der Waals surface area contributed by atoms with Crippen molar-refractivity contribution < 1.29 is 9.53 Å². The Balaban J connectivity index is 1.62. The number of ether oxygens (including phenoxy) is 1. The van der Waals surface area contributed by atoms with E-state index in [0.29, 0.717) is 0 Å². The summed E-state index contributed by atoms with van der Waals surface area (Å²) in [4.78, 5) is 14.0. The van der Waals surface area contributed by atoms with Gasteiger partial charge in [-0.1, -0.05) is 36.4 Å². The topological polar surface area (TPSA) is 38.3 Å². The monoisotopic (exact) mass is 419 g/mol. The summed E-state index contributed by atoms with van der Waals surface area (Å²) < 4.78 is 5.98. The number of aryl methyl sites for hydroxylation is 3. The van der Waals surface area contributed by atoms with E-state index in [4.69, 9.17) is 4.74 Å². The van der Waals surface area contributed by atoms with Crippen LogP contribution in [-0.4, -0.2) is 12.0 Å². The summed E-state index contributed by atoms with van der Waals surface area (Å²) in [5.74, 6) is 1.51. The minimum atomic E-state index is -0.586. The van der Waals surface area contributed by atoms with Gasteiger partial charge in [-0.3, -0.25) is 4.79 Å². The Hall–Kier alpha value is -2.72. The molecule has 0 fully saturated rings. The molecule has 0 aliphatic heterocycles. The molecule has 0 saturated heterocycles. The highest BCUT2D eigenvalue weighted by atomic mass is 32.2. The Labute approximate surface area is 183 Å². The first-order chi connectivity index (χ1) is 14.3. The highest BCUT2D eigenvalue weighted by Crippen LogP contribution is 2.26. The summed E-state index contributed by atoms with van der Waals surface area (Å²) in [6.45, 7) is 9.91. The van der Waals surface area contributed by atoms with Crippen LogP contribution >= 0.6 is 11.8 Å². The second-order valence-corrected chi connectivity index (χ2v) is 8.75. The van der Waals surface area contributed by atoms with Crippen molar-refractivity contribution >= 4 is 23.4 Å². The maximum Gasteiger partial charge on any atom is 0.265 e. The molecule has 0 spiro atoms. The smallest absolute Gasteiger partial charge is 0.265 e. The maximum absolute atomic E-state index is 12.7. The predicted molar refractivity (Wildman–Crippen MR) is 127 cm³/mol. The third-order valence-electron chi connectivity index (χ3n) is 5.13. The van der Waals surface area contributed by atoms with E-state index < -0.39 is 6.10 Å². The van der Waals surface area contributed by atoms with Gasteiger partial charge in [-0.2, -0.15) is 0 Å². The van der Waals surface area contributed by atoms with Crippen molar-refractivity contribution in [1.29, 1.82) is 0 Å². The fraction of sp³-hybridized carbons (Fsp3) is 0.269. The third-order valence-corrected chi connectivity index (χ3v) is 6.22. The summed E-state index contributed by atoms with van der Waals surface area (Å²) in [7, 11) is 0. The van der Waals surface area contributed by atoms with E-state index in [0.717, 1.165) is 39.4 Å². The predicted octanol–water partition coefficient (Wildman–Crippen LogP) is 6.62. The molecule has 0 radical (unpaired) electrons. The van der Waals surface area contributed by atoms with E-state index in [-0.39, 0.29) is 5.91 Å². The van der Waals surface area contributed by atoms with Crippen molar-refractivity contribution in [3.05, 3.63) is 88.5 Å². The lowest BCUT2D eigenvalue weighted by atomic mass is 10.1. The van der Waals surface area contributed by atoms with Crippen LogP contribution in [0.1, 0.15) is 34.7 Å². The van der Waals surface area contributed by atoms with Crippen LogP contribution in [0, 0.1) is 27.7 Å². The number of amides is 1. The standard InChI is InChI=1S/C26H29NO2S/c1-17-13-18(2)20(4)25(14-17)29-21(5)26(28)27-24-12-11-22(15-19(24)3)16-30-23-9-7-6-8-10-23/h6-15,21H,16H2,1-5H3,(H,27,28)/t21-/m1/s1. The van der Waals surface area contributed by atoms with Gasteiger partial charge in [-0.15, -0.1) is 11.8 Å². The zero-order valence-electron chi connectivity index (χ0n) is 18.3. The number of benzene rings is 3. The van der Waals surface area contributed by atoms with Crippen LogP contribution in [-0.2, 0) is 10.5 Å². The number of anilines is 1. The molecule has 0 unspecified atom stereocenters. The highest BCUT2D eigenvalue weighted by molar-refractivity contribution is 7.98. The van der Waals surface area contributed by atoms with Crippen molar-refractivity contribution in [2.45, 2.75) is 51.4 Å². The zero-order chi connectivity index (χ0) is 21.7. The van der Waals surface area contributed by atoms with Gasteiger partial charge in [0.1, 0.15) is 5.75 Å². The summed E-state index contributed by atoms with van der Waals surface area (Å²) >= 11 is 1.80. The number of hydrogen-bond acceptors (Lipinski definition) is 3. The molecule has 3 aromatic carbocycles. The number of carbonyl (C=O) groups is 1. The molecule has 0 aliphatic carbocycles. The molecular weight excluding hydrogens is 390 g/mol. The van der Waals surface area contributed by atoms with Crippen LogP contribution in [0.2, 0.25) is 0 Å². The minimum absolute atomic E-state index is 0.150.